The number of benzene rings is 2. The van der Waals surface area contributed by atoms with E-state index in [1.807, 2.05) is 12.1 Å². The maximum Gasteiger partial charge on any atom is 0.129 e. The zero-order valence-corrected chi connectivity index (χ0v) is 23.2. The molecule has 0 fully saturated rings. The molecule has 0 heterocycles. The van der Waals surface area contributed by atoms with E-state index in [0.717, 1.165) is 9.79 Å². The first-order chi connectivity index (χ1) is 14.1. The van der Waals surface area contributed by atoms with Crippen molar-refractivity contribution < 1.29 is 26.7 Å². The molecule has 0 amide bonds. The molecule has 0 aliphatic heterocycles. The Morgan fingerprint density at radius 1 is 0.625 bits per heavy atom. The van der Waals surface area contributed by atoms with Crippen LogP contribution in [0.15, 0.2) is 46.2 Å². The predicted octanol–water partition coefficient (Wildman–Crippen LogP) is 8.82. The van der Waals surface area contributed by atoms with Crippen LogP contribution in [-0.2, 0) is 16.5 Å². The van der Waals surface area contributed by atoms with E-state index in [-0.39, 0.29) is 38.8 Å². The minimum atomic E-state index is 0. The van der Waals surface area contributed by atoms with Crippen LogP contribution in [0.3, 0.4) is 0 Å². The van der Waals surface area contributed by atoms with Gasteiger partial charge in [0.05, 0.1) is 9.79 Å². The Labute approximate surface area is 210 Å². The fourth-order valence-electron chi connectivity index (χ4n) is 5.50. The Hall–Kier alpha value is -1.12. The molecule has 0 aromatic heterocycles. The zero-order valence-electron chi connectivity index (χ0n) is 21.4. The average molecular weight is 501 g/mol. The van der Waals surface area contributed by atoms with Crippen LogP contribution in [0.4, 0.5) is 0 Å². The third-order valence-corrected chi connectivity index (χ3v) is 7.20. The van der Waals surface area contributed by atoms with E-state index >= 15 is 0 Å². The zero-order chi connectivity index (χ0) is 23.7. The number of hydrogen-bond donors (Lipinski definition) is 2. The van der Waals surface area contributed by atoms with Gasteiger partial charge in [-0.1, -0.05) is 93.1 Å². The van der Waals surface area contributed by atoms with Crippen LogP contribution >= 0.6 is 11.8 Å². The monoisotopic (exact) mass is 500 g/mol. The van der Waals surface area contributed by atoms with E-state index in [9.17, 15) is 10.2 Å². The Morgan fingerprint density at radius 3 is 1.19 bits per heavy atom. The van der Waals surface area contributed by atoms with Crippen LogP contribution in [0.1, 0.15) is 92.2 Å². The summed E-state index contributed by atoms with van der Waals surface area (Å²) in [7, 11) is 0. The first-order valence-corrected chi connectivity index (χ1v) is 12.3. The SMILES string of the molecule is CC(C)C(c1ccc(O)c(Sc2cc(C(C(C)C)C(C)(C)C)ccc2O)c1)C(C)(C)C.[Ni]. The van der Waals surface area contributed by atoms with Crippen LogP contribution in [0.5, 0.6) is 11.5 Å². The number of phenols is 2. The van der Waals surface area contributed by atoms with Gasteiger partial charge in [0.25, 0.3) is 0 Å². The molecule has 0 radical (unpaired) electrons. The molecule has 0 aliphatic carbocycles. The van der Waals surface area contributed by atoms with Gasteiger partial charge in [-0.25, -0.2) is 0 Å². The molecule has 2 aromatic carbocycles. The molecule has 2 aromatic rings. The fourth-order valence-corrected chi connectivity index (χ4v) is 6.47. The van der Waals surface area contributed by atoms with Gasteiger partial charge >= 0.3 is 0 Å². The van der Waals surface area contributed by atoms with Gasteiger partial charge in [-0.05, 0) is 69.9 Å². The summed E-state index contributed by atoms with van der Waals surface area (Å²) in [6, 6.07) is 11.9. The number of aromatic hydroxyl groups is 2. The molecule has 0 saturated carbocycles. The van der Waals surface area contributed by atoms with E-state index in [4.69, 9.17) is 0 Å². The van der Waals surface area contributed by atoms with Gasteiger partial charge in [0.1, 0.15) is 11.5 Å². The maximum absolute atomic E-state index is 10.6. The molecule has 2 rings (SSSR count). The van der Waals surface area contributed by atoms with Crippen molar-refractivity contribution >= 4 is 11.8 Å². The summed E-state index contributed by atoms with van der Waals surface area (Å²) in [5, 5.41) is 21.2. The summed E-state index contributed by atoms with van der Waals surface area (Å²) in [5.74, 6) is 2.23. The summed E-state index contributed by atoms with van der Waals surface area (Å²) in [5.41, 5.74) is 2.69. The maximum atomic E-state index is 10.6. The molecule has 0 aliphatic rings. The van der Waals surface area contributed by atoms with E-state index in [2.05, 4.69) is 81.4 Å². The minimum absolute atomic E-state index is 0. The number of phenolic OH excluding ortho intramolecular Hbond substituents is 2. The molecule has 4 heteroatoms. The second-order valence-corrected chi connectivity index (χ2v) is 12.8. The molecule has 2 N–H and O–H groups in total. The average Bonchev–Trinajstić information content (AvgIpc) is 2.57. The van der Waals surface area contributed by atoms with Crippen molar-refractivity contribution in [1.82, 2.24) is 0 Å². The summed E-state index contributed by atoms with van der Waals surface area (Å²) in [4.78, 5) is 1.58. The molecular weight excluding hydrogens is 459 g/mol. The van der Waals surface area contributed by atoms with Crippen molar-refractivity contribution in [3.63, 3.8) is 0 Å². The molecule has 0 saturated heterocycles. The minimum Gasteiger partial charge on any atom is -0.507 e. The van der Waals surface area contributed by atoms with Gasteiger partial charge in [0, 0.05) is 16.5 Å². The van der Waals surface area contributed by atoms with Crippen molar-refractivity contribution in [3.8, 4) is 11.5 Å². The summed E-state index contributed by atoms with van der Waals surface area (Å²) >= 11 is 1.45. The van der Waals surface area contributed by atoms with Gasteiger partial charge in [-0.3, -0.25) is 0 Å². The van der Waals surface area contributed by atoms with Crippen molar-refractivity contribution in [2.24, 2.45) is 22.7 Å². The molecule has 2 unspecified atom stereocenters. The van der Waals surface area contributed by atoms with Gasteiger partial charge in [0.2, 0.25) is 0 Å². The Morgan fingerprint density at radius 2 is 0.938 bits per heavy atom. The topological polar surface area (TPSA) is 40.5 Å². The van der Waals surface area contributed by atoms with Crippen molar-refractivity contribution in [1.29, 1.82) is 0 Å². The predicted molar refractivity (Wildman–Crippen MR) is 134 cm³/mol. The quantitative estimate of drug-likeness (QED) is 0.389. The second-order valence-electron chi connectivity index (χ2n) is 11.7. The Bertz CT molecular complexity index is 818. The summed E-state index contributed by atoms with van der Waals surface area (Å²) in [6.45, 7) is 22.6. The van der Waals surface area contributed by atoms with Crippen molar-refractivity contribution in [3.05, 3.63) is 47.5 Å². The fraction of sp³-hybridized carbons (Fsp3) is 0.571. The number of rotatable bonds is 6. The first kappa shape index (κ1) is 28.9. The molecular formula is C28H42NiO2S. The van der Waals surface area contributed by atoms with Crippen LogP contribution < -0.4 is 0 Å². The van der Waals surface area contributed by atoms with Crippen molar-refractivity contribution in [2.75, 3.05) is 0 Å². The van der Waals surface area contributed by atoms with Crippen molar-refractivity contribution in [2.45, 2.75) is 90.9 Å². The van der Waals surface area contributed by atoms with Crippen LogP contribution in [0.25, 0.3) is 0 Å². The Kier molecular flexibility index (Phi) is 9.83. The van der Waals surface area contributed by atoms with E-state index < -0.39 is 0 Å². The molecule has 182 valence electrons. The molecule has 2 nitrogen and oxygen atoms in total. The van der Waals surface area contributed by atoms with E-state index in [1.165, 1.54) is 22.9 Å². The third kappa shape index (κ3) is 6.94. The van der Waals surface area contributed by atoms with E-state index in [0.29, 0.717) is 23.7 Å². The summed E-state index contributed by atoms with van der Waals surface area (Å²) < 4.78 is 0. The van der Waals surface area contributed by atoms with E-state index in [1.54, 1.807) is 12.1 Å². The van der Waals surface area contributed by atoms with Gasteiger partial charge in [-0.15, -0.1) is 0 Å². The molecule has 0 bridgehead atoms. The van der Waals surface area contributed by atoms with Crippen LogP contribution in [0.2, 0.25) is 0 Å². The molecule has 2 atom stereocenters. The van der Waals surface area contributed by atoms with Crippen LogP contribution in [-0.4, -0.2) is 10.2 Å². The van der Waals surface area contributed by atoms with Gasteiger partial charge < -0.3 is 10.2 Å². The standard InChI is InChI=1S/C28H42O2S.Ni/c1-17(2)25(27(5,6)7)19-11-13-21(29)23(15-19)31-24-16-20(12-14-22(24)30)26(18(3)4)28(8,9)10;/h11-18,25-26,29-30H,1-10H3;. The first-order valence-electron chi connectivity index (χ1n) is 11.5. The Balaban J connectivity index is 0.00000512. The third-order valence-electron chi connectivity index (χ3n) is 6.11. The number of hydrogen-bond acceptors (Lipinski definition) is 3. The normalized spacial score (nSPS) is 14.4. The summed E-state index contributed by atoms with van der Waals surface area (Å²) in [6.07, 6.45) is 0. The molecule has 0 spiro atoms. The smallest absolute Gasteiger partial charge is 0.129 e. The largest absolute Gasteiger partial charge is 0.507 e. The second kappa shape index (κ2) is 10.9. The van der Waals surface area contributed by atoms with Gasteiger partial charge in [-0.2, -0.15) is 0 Å². The van der Waals surface area contributed by atoms with Gasteiger partial charge in [0.15, 0.2) is 0 Å². The van der Waals surface area contributed by atoms with Crippen LogP contribution in [0, 0.1) is 22.7 Å². The molecule has 32 heavy (non-hydrogen) atoms.